The summed E-state index contributed by atoms with van der Waals surface area (Å²) in [5.41, 5.74) is 9.61. The molecule has 2 amide bonds. The second-order valence-corrected chi connectivity index (χ2v) is 16.1. The lowest BCUT2D eigenvalue weighted by Gasteiger charge is -2.24. The SMILES string of the molecule is C.CC1(C)C[C@H](C=O)N(C(=O)OCC2c3ccccc3-c3ccccc32)C1.CC1(C)C[C@H](CO)N(C(=O)OCC2c3ccccc3-c3ccccc32)C1. The molecule has 4 aliphatic rings. The first kappa shape index (κ1) is 37.8. The van der Waals surface area contributed by atoms with Crippen LogP contribution in [0.25, 0.3) is 22.3 Å². The molecule has 2 aliphatic carbocycles. The number of aliphatic hydroxyl groups excluding tert-OH is 1. The number of aliphatic hydroxyl groups is 1. The molecule has 278 valence electrons. The molecule has 0 bridgehead atoms. The van der Waals surface area contributed by atoms with Gasteiger partial charge in [-0.3, -0.25) is 4.90 Å². The predicted octanol–water partition coefficient (Wildman–Crippen LogP) is 8.90. The van der Waals surface area contributed by atoms with Crippen molar-refractivity contribution < 1.29 is 29.0 Å². The number of aldehydes is 1. The zero-order valence-corrected chi connectivity index (χ0v) is 30.5. The van der Waals surface area contributed by atoms with Gasteiger partial charge in [-0.2, -0.15) is 0 Å². The van der Waals surface area contributed by atoms with Crippen molar-refractivity contribution in [1.82, 2.24) is 9.80 Å². The third-order valence-corrected chi connectivity index (χ3v) is 11.1. The van der Waals surface area contributed by atoms with Crippen LogP contribution in [0.5, 0.6) is 0 Å². The van der Waals surface area contributed by atoms with Gasteiger partial charge in [-0.05, 0) is 68.2 Å². The van der Waals surface area contributed by atoms with Crippen LogP contribution in [-0.4, -0.2) is 78.4 Å². The van der Waals surface area contributed by atoms with E-state index in [1.807, 2.05) is 48.5 Å². The lowest BCUT2D eigenvalue weighted by Crippen LogP contribution is -2.39. The maximum absolute atomic E-state index is 12.7. The van der Waals surface area contributed by atoms with Gasteiger partial charge in [-0.15, -0.1) is 0 Å². The van der Waals surface area contributed by atoms with Gasteiger partial charge in [-0.25, -0.2) is 9.59 Å². The van der Waals surface area contributed by atoms with Crippen LogP contribution in [0.2, 0.25) is 0 Å². The largest absolute Gasteiger partial charge is 0.448 e. The highest BCUT2D eigenvalue weighted by molar-refractivity contribution is 5.80. The maximum Gasteiger partial charge on any atom is 0.410 e. The van der Waals surface area contributed by atoms with Crippen LogP contribution in [0, 0.1) is 10.8 Å². The summed E-state index contributed by atoms with van der Waals surface area (Å²) >= 11 is 0. The summed E-state index contributed by atoms with van der Waals surface area (Å²) in [5.74, 6) is 0.103. The first-order valence-electron chi connectivity index (χ1n) is 18.3. The number of hydrogen-bond acceptors (Lipinski definition) is 6. The molecule has 0 aromatic heterocycles. The van der Waals surface area contributed by atoms with E-state index >= 15 is 0 Å². The van der Waals surface area contributed by atoms with E-state index in [2.05, 4.69) is 76.2 Å². The number of ether oxygens (including phenoxy) is 2. The lowest BCUT2D eigenvalue weighted by atomic mass is 9.91. The van der Waals surface area contributed by atoms with Gasteiger partial charge in [0, 0.05) is 24.9 Å². The Hall–Kier alpha value is -4.95. The summed E-state index contributed by atoms with van der Waals surface area (Å²) < 4.78 is 11.4. The second-order valence-electron chi connectivity index (χ2n) is 16.1. The minimum atomic E-state index is -0.394. The Labute approximate surface area is 313 Å². The number of benzene rings is 4. The molecule has 0 radical (unpaired) electrons. The van der Waals surface area contributed by atoms with Gasteiger partial charge in [-0.1, -0.05) is 132 Å². The molecule has 0 unspecified atom stereocenters. The summed E-state index contributed by atoms with van der Waals surface area (Å²) in [5, 5.41) is 9.61. The standard InChI is InChI=1S/C22H25NO3.C22H23NO3.CH4/c2*1-22(2)11-15(12-24)23(14-22)21(25)26-13-20-18-9-5-3-7-16(18)17-8-4-6-10-19(17)20;/h3-10,15,20,24H,11-14H2,1-2H3;3-10,12,15,20H,11,13-14H2,1-2H3;1H4/t2*15-;/m11./s1. The van der Waals surface area contributed by atoms with Crippen molar-refractivity contribution in [2.24, 2.45) is 10.8 Å². The van der Waals surface area contributed by atoms with Gasteiger partial charge in [0.2, 0.25) is 0 Å². The fraction of sp³-hybridized carbons (Fsp3) is 0.400. The predicted molar refractivity (Wildman–Crippen MR) is 208 cm³/mol. The van der Waals surface area contributed by atoms with Crippen molar-refractivity contribution in [3.05, 3.63) is 119 Å². The third kappa shape index (κ3) is 7.47. The number of hydrogen-bond donors (Lipinski definition) is 1. The van der Waals surface area contributed by atoms with Crippen LogP contribution in [0.4, 0.5) is 9.59 Å². The number of carbonyl (C=O) groups excluding carboxylic acids is 3. The topological polar surface area (TPSA) is 96.4 Å². The van der Waals surface area contributed by atoms with Crippen molar-refractivity contribution >= 4 is 18.5 Å². The molecule has 2 aliphatic heterocycles. The van der Waals surface area contributed by atoms with Crippen molar-refractivity contribution in [2.45, 2.75) is 71.9 Å². The van der Waals surface area contributed by atoms with Crippen molar-refractivity contribution in [1.29, 1.82) is 0 Å². The average Bonchev–Trinajstić information content (AvgIpc) is 3.86. The van der Waals surface area contributed by atoms with E-state index in [-0.39, 0.29) is 61.5 Å². The fourth-order valence-electron chi connectivity index (χ4n) is 8.77. The molecule has 4 aromatic carbocycles. The zero-order chi connectivity index (χ0) is 36.6. The highest BCUT2D eigenvalue weighted by Crippen LogP contribution is 2.46. The zero-order valence-electron chi connectivity index (χ0n) is 30.5. The number of nitrogens with zero attached hydrogens (tertiary/aromatic N) is 2. The van der Waals surface area contributed by atoms with Crippen molar-refractivity contribution in [3.8, 4) is 22.3 Å². The lowest BCUT2D eigenvalue weighted by molar-refractivity contribution is -0.111. The minimum absolute atomic E-state index is 0. The number of rotatable bonds is 6. The van der Waals surface area contributed by atoms with Gasteiger partial charge in [0.25, 0.3) is 0 Å². The van der Waals surface area contributed by atoms with Crippen LogP contribution >= 0.6 is 0 Å². The molecule has 2 fully saturated rings. The van der Waals surface area contributed by atoms with Crippen molar-refractivity contribution in [2.75, 3.05) is 32.9 Å². The number of amides is 2. The molecule has 8 heteroatoms. The minimum Gasteiger partial charge on any atom is -0.448 e. The smallest absolute Gasteiger partial charge is 0.410 e. The molecule has 0 saturated carbocycles. The van der Waals surface area contributed by atoms with Crippen LogP contribution < -0.4 is 0 Å². The molecule has 1 N–H and O–H groups in total. The maximum atomic E-state index is 12.7. The van der Waals surface area contributed by atoms with E-state index in [1.165, 1.54) is 44.5 Å². The molecule has 2 heterocycles. The van der Waals surface area contributed by atoms with E-state index < -0.39 is 6.09 Å². The van der Waals surface area contributed by atoms with E-state index in [4.69, 9.17) is 9.47 Å². The Bertz CT molecular complexity index is 1880. The molecule has 0 spiro atoms. The van der Waals surface area contributed by atoms with Crippen molar-refractivity contribution in [3.63, 3.8) is 0 Å². The molecule has 4 aromatic rings. The second kappa shape index (κ2) is 15.2. The summed E-state index contributed by atoms with van der Waals surface area (Å²) in [7, 11) is 0. The molecule has 8 nitrogen and oxygen atoms in total. The Balaban J connectivity index is 0.000000178. The Morgan fingerprint density at radius 3 is 1.40 bits per heavy atom. The van der Waals surface area contributed by atoms with E-state index in [9.17, 15) is 19.5 Å². The summed E-state index contributed by atoms with van der Waals surface area (Å²) in [4.78, 5) is 39.9. The monoisotopic (exact) mass is 716 g/mol. The van der Waals surface area contributed by atoms with Crippen LogP contribution in [0.1, 0.15) is 82.1 Å². The number of fused-ring (bicyclic) bond motifs is 6. The number of likely N-dealkylation sites (tertiary alicyclic amines) is 2. The quantitative estimate of drug-likeness (QED) is 0.200. The van der Waals surface area contributed by atoms with E-state index in [1.54, 1.807) is 9.80 Å². The molecule has 8 rings (SSSR count). The van der Waals surface area contributed by atoms with Crippen LogP contribution in [-0.2, 0) is 14.3 Å². The molecule has 53 heavy (non-hydrogen) atoms. The first-order chi connectivity index (χ1) is 25.0. The highest BCUT2D eigenvalue weighted by Gasteiger charge is 2.42. The van der Waals surface area contributed by atoms with Gasteiger partial charge in [0.05, 0.1) is 18.7 Å². The van der Waals surface area contributed by atoms with Crippen LogP contribution in [0.3, 0.4) is 0 Å². The first-order valence-corrected chi connectivity index (χ1v) is 18.3. The molecular formula is C45H52N2O6. The number of carbonyl (C=O) groups is 3. The highest BCUT2D eigenvalue weighted by atomic mass is 16.6. The molecule has 2 saturated heterocycles. The van der Waals surface area contributed by atoms with Gasteiger partial charge < -0.3 is 24.3 Å². The molecular weight excluding hydrogens is 665 g/mol. The average molecular weight is 717 g/mol. The summed E-state index contributed by atoms with van der Waals surface area (Å²) in [6, 6.07) is 32.6. The van der Waals surface area contributed by atoms with Gasteiger partial charge >= 0.3 is 12.2 Å². The Kier molecular flexibility index (Phi) is 10.8. The summed E-state index contributed by atoms with van der Waals surface area (Å²) in [6.45, 7) is 10.1. The molecule has 2 atom stereocenters. The van der Waals surface area contributed by atoms with E-state index in [0.29, 0.717) is 26.1 Å². The Morgan fingerprint density at radius 2 is 1.00 bits per heavy atom. The summed E-state index contributed by atoms with van der Waals surface area (Å²) in [6.07, 6.45) is 1.62. The normalized spacial score (nSPS) is 20.2. The van der Waals surface area contributed by atoms with Gasteiger partial charge in [0.15, 0.2) is 0 Å². The van der Waals surface area contributed by atoms with Gasteiger partial charge in [0.1, 0.15) is 19.5 Å². The van der Waals surface area contributed by atoms with Crippen LogP contribution in [0.15, 0.2) is 97.1 Å². The fourth-order valence-corrected chi connectivity index (χ4v) is 8.77. The van der Waals surface area contributed by atoms with E-state index in [0.717, 1.165) is 12.7 Å². The Morgan fingerprint density at radius 1 is 0.642 bits per heavy atom. The third-order valence-electron chi connectivity index (χ3n) is 11.1.